The van der Waals surface area contributed by atoms with Gasteiger partial charge in [-0.3, -0.25) is 0 Å². The summed E-state index contributed by atoms with van der Waals surface area (Å²) < 4.78 is 5.02. The van der Waals surface area contributed by atoms with Crippen LogP contribution in [0.15, 0.2) is 4.52 Å². The van der Waals surface area contributed by atoms with Crippen LogP contribution in [0.2, 0.25) is 0 Å². The number of β-amino-alcohol motifs (C(OH)–C–C–N with tert-alkyl or cyclic N) is 1. The largest absolute Gasteiger partial charge is 0.377 e. The molecule has 1 aromatic rings. The van der Waals surface area contributed by atoms with E-state index in [4.69, 9.17) is 4.52 Å². The number of nitrogens with zero attached hydrogens (tertiary/aromatic N) is 2. The first-order chi connectivity index (χ1) is 6.28. The molecule has 1 aliphatic heterocycles. The summed E-state index contributed by atoms with van der Waals surface area (Å²) in [5.41, 5.74) is -0.903. The average Bonchev–Trinajstić information content (AvgIpc) is 2.80. The van der Waals surface area contributed by atoms with Crippen LogP contribution in [0.25, 0.3) is 0 Å². The van der Waals surface area contributed by atoms with E-state index in [1.54, 1.807) is 0 Å². The maximum Gasteiger partial charge on any atom is 0.261 e. The summed E-state index contributed by atoms with van der Waals surface area (Å²) >= 11 is 0. The van der Waals surface area contributed by atoms with E-state index in [1.807, 2.05) is 0 Å². The highest BCUT2D eigenvalue weighted by Gasteiger charge is 2.42. The summed E-state index contributed by atoms with van der Waals surface area (Å²) in [6.45, 7) is 1.03. The van der Waals surface area contributed by atoms with Crippen LogP contribution in [0.4, 0.5) is 0 Å². The van der Waals surface area contributed by atoms with Crippen molar-refractivity contribution in [2.45, 2.75) is 24.4 Å². The second kappa shape index (κ2) is 2.30. The lowest BCUT2D eigenvalue weighted by molar-refractivity contribution is -0.0417. The van der Waals surface area contributed by atoms with Gasteiger partial charge in [-0.2, -0.15) is 4.98 Å². The van der Waals surface area contributed by atoms with Gasteiger partial charge < -0.3 is 14.9 Å². The maximum atomic E-state index is 9.84. The van der Waals surface area contributed by atoms with Crippen LogP contribution in [0.5, 0.6) is 0 Å². The fraction of sp³-hybridized carbons (Fsp3) is 0.750. The molecule has 13 heavy (non-hydrogen) atoms. The van der Waals surface area contributed by atoms with Gasteiger partial charge in [-0.05, 0) is 12.8 Å². The van der Waals surface area contributed by atoms with E-state index in [2.05, 4.69) is 15.5 Å². The lowest BCUT2D eigenvalue weighted by atomic mass is 9.97. The molecule has 0 atom stereocenters. The van der Waals surface area contributed by atoms with Crippen LogP contribution in [0.1, 0.15) is 30.5 Å². The summed E-state index contributed by atoms with van der Waals surface area (Å²) in [5.74, 6) is 1.61. The third-order valence-corrected chi connectivity index (χ3v) is 2.62. The fourth-order valence-electron chi connectivity index (χ4n) is 1.44. The maximum absolute atomic E-state index is 9.84. The van der Waals surface area contributed by atoms with E-state index in [9.17, 15) is 5.11 Å². The zero-order valence-electron chi connectivity index (χ0n) is 7.16. The van der Waals surface area contributed by atoms with Gasteiger partial charge in [0.1, 0.15) is 0 Å². The van der Waals surface area contributed by atoms with Crippen molar-refractivity contribution >= 4 is 0 Å². The topological polar surface area (TPSA) is 71.2 Å². The number of hydrogen-bond donors (Lipinski definition) is 2. The van der Waals surface area contributed by atoms with E-state index in [1.165, 1.54) is 0 Å². The normalized spacial score (nSPS) is 25.6. The Bertz CT molecular complexity index is 328. The molecule has 2 fully saturated rings. The first-order valence-electron chi connectivity index (χ1n) is 4.55. The quantitative estimate of drug-likeness (QED) is 0.657. The predicted octanol–water partition coefficient (Wildman–Crippen LogP) is -0.262. The van der Waals surface area contributed by atoms with Crippen LogP contribution < -0.4 is 5.32 Å². The molecule has 3 rings (SSSR count). The van der Waals surface area contributed by atoms with Crippen molar-refractivity contribution in [2.24, 2.45) is 0 Å². The van der Waals surface area contributed by atoms with E-state index in [-0.39, 0.29) is 0 Å². The molecule has 1 saturated heterocycles. The molecule has 1 aliphatic carbocycles. The number of aliphatic hydroxyl groups is 1. The molecule has 0 unspecified atom stereocenters. The second-order valence-electron chi connectivity index (χ2n) is 3.87. The van der Waals surface area contributed by atoms with Crippen molar-refractivity contribution in [1.29, 1.82) is 0 Å². The summed E-state index contributed by atoms with van der Waals surface area (Å²) in [7, 11) is 0. The molecule has 0 amide bonds. The Morgan fingerprint density at radius 2 is 2.23 bits per heavy atom. The van der Waals surface area contributed by atoms with Crippen LogP contribution >= 0.6 is 0 Å². The van der Waals surface area contributed by atoms with E-state index < -0.39 is 5.60 Å². The summed E-state index contributed by atoms with van der Waals surface area (Å²) in [5, 5.41) is 16.7. The number of aromatic nitrogens is 2. The molecule has 0 radical (unpaired) electrons. The van der Waals surface area contributed by atoms with Crippen molar-refractivity contribution in [1.82, 2.24) is 15.5 Å². The summed E-state index contributed by atoms with van der Waals surface area (Å²) in [6, 6.07) is 0. The Morgan fingerprint density at radius 3 is 2.77 bits per heavy atom. The zero-order chi connectivity index (χ0) is 8.89. The molecule has 0 bridgehead atoms. The van der Waals surface area contributed by atoms with E-state index in [0.717, 1.165) is 18.7 Å². The third-order valence-electron chi connectivity index (χ3n) is 2.62. The van der Waals surface area contributed by atoms with Gasteiger partial charge in [-0.25, -0.2) is 0 Å². The van der Waals surface area contributed by atoms with Crippen LogP contribution in [-0.4, -0.2) is 28.3 Å². The molecule has 5 nitrogen and oxygen atoms in total. The van der Waals surface area contributed by atoms with Gasteiger partial charge in [0.15, 0.2) is 11.4 Å². The number of nitrogens with one attached hydrogen (secondary N) is 1. The highest BCUT2D eigenvalue weighted by atomic mass is 16.5. The third kappa shape index (κ3) is 1.08. The molecule has 1 saturated carbocycles. The van der Waals surface area contributed by atoms with Crippen LogP contribution in [0, 0.1) is 0 Å². The number of rotatable bonds is 2. The fourth-order valence-corrected chi connectivity index (χ4v) is 1.44. The van der Waals surface area contributed by atoms with Crippen LogP contribution in [-0.2, 0) is 5.60 Å². The van der Waals surface area contributed by atoms with Crippen molar-refractivity contribution in [3.05, 3.63) is 11.7 Å². The Kier molecular flexibility index (Phi) is 1.32. The standard InChI is InChI=1S/C8H11N3O2/c12-8(3-9-4-8)7-10-6(11-13-7)5-1-2-5/h5,9,12H,1-4H2. The second-order valence-corrected chi connectivity index (χ2v) is 3.87. The average molecular weight is 181 g/mol. The first kappa shape index (κ1) is 7.46. The minimum atomic E-state index is -0.903. The van der Waals surface area contributed by atoms with Gasteiger partial charge in [-0.15, -0.1) is 0 Å². The molecule has 0 aromatic carbocycles. The molecule has 70 valence electrons. The molecule has 0 spiro atoms. The highest BCUT2D eigenvalue weighted by Crippen LogP contribution is 2.39. The van der Waals surface area contributed by atoms with Gasteiger partial charge in [-0.1, -0.05) is 5.16 Å². The monoisotopic (exact) mass is 181 g/mol. The van der Waals surface area contributed by atoms with Crippen molar-refractivity contribution in [2.75, 3.05) is 13.1 Å². The van der Waals surface area contributed by atoms with Crippen molar-refractivity contribution in [3.8, 4) is 0 Å². The van der Waals surface area contributed by atoms with Crippen molar-refractivity contribution < 1.29 is 9.63 Å². The van der Waals surface area contributed by atoms with Gasteiger partial charge in [0.2, 0.25) is 0 Å². The molecule has 2 aliphatic rings. The molecule has 2 N–H and O–H groups in total. The van der Waals surface area contributed by atoms with Gasteiger partial charge >= 0.3 is 0 Å². The molecular formula is C8H11N3O2. The Morgan fingerprint density at radius 1 is 1.46 bits per heavy atom. The minimum absolute atomic E-state index is 0.369. The molecule has 1 aromatic heterocycles. The van der Waals surface area contributed by atoms with Gasteiger partial charge in [0.05, 0.1) is 0 Å². The highest BCUT2D eigenvalue weighted by molar-refractivity contribution is 5.10. The molecule has 2 heterocycles. The van der Waals surface area contributed by atoms with Crippen molar-refractivity contribution in [3.63, 3.8) is 0 Å². The van der Waals surface area contributed by atoms with Gasteiger partial charge in [0, 0.05) is 19.0 Å². The summed E-state index contributed by atoms with van der Waals surface area (Å²) in [4.78, 5) is 4.20. The van der Waals surface area contributed by atoms with Crippen LogP contribution in [0.3, 0.4) is 0 Å². The Hall–Kier alpha value is -0.940. The summed E-state index contributed by atoms with van der Waals surface area (Å²) in [6.07, 6.45) is 2.30. The smallest absolute Gasteiger partial charge is 0.261 e. The van der Waals surface area contributed by atoms with E-state index >= 15 is 0 Å². The number of hydrogen-bond acceptors (Lipinski definition) is 5. The SMILES string of the molecule is OC1(c2nc(C3CC3)no2)CNC1. The molecular weight excluding hydrogens is 170 g/mol. The minimum Gasteiger partial charge on any atom is -0.377 e. The lowest BCUT2D eigenvalue weighted by Gasteiger charge is -2.33. The lowest BCUT2D eigenvalue weighted by Crippen LogP contribution is -2.56. The zero-order valence-corrected chi connectivity index (χ0v) is 7.16. The Labute approximate surface area is 75.1 Å². The van der Waals surface area contributed by atoms with E-state index in [0.29, 0.717) is 24.9 Å². The van der Waals surface area contributed by atoms with Gasteiger partial charge in [0.25, 0.3) is 5.89 Å². The Balaban J connectivity index is 1.87. The first-order valence-corrected chi connectivity index (χ1v) is 4.55. The molecule has 5 heteroatoms. The predicted molar refractivity (Wildman–Crippen MR) is 43.0 cm³/mol.